The van der Waals surface area contributed by atoms with E-state index in [4.69, 9.17) is 0 Å². The summed E-state index contributed by atoms with van der Waals surface area (Å²) >= 11 is 0. The summed E-state index contributed by atoms with van der Waals surface area (Å²) in [6.07, 6.45) is 11.4. The molecule has 120 valence electrons. The Labute approximate surface area is 128 Å². The van der Waals surface area contributed by atoms with Crippen LogP contribution in [0.3, 0.4) is 0 Å². The Morgan fingerprint density at radius 1 is 0.600 bits per heavy atom. The van der Waals surface area contributed by atoms with Crippen molar-refractivity contribution in [3.63, 3.8) is 0 Å². The SMILES string of the molecule is CCCCCC[N+]1(CCCCCC)CC[N+](C)(C)CC1. The molecule has 0 N–H and O–H groups in total. The minimum absolute atomic E-state index is 1.24. The first-order valence-corrected chi connectivity index (χ1v) is 9.21. The quantitative estimate of drug-likeness (QED) is 0.419. The second kappa shape index (κ2) is 9.04. The number of likely N-dealkylation sites (N-methyl/N-ethyl adjacent to an activating group) is 1. The molecule has 0 unspecified atom stereocenters. The number of quaternary nitrogens is 2. The molecule has 0 saturated carbocycles. The van der Waals surface area contributed by atoms with Crippen LogP contribution in [0.5, 0.6) is 0 Å². The van der Waals surface area contributed by atoms with Crippen LogP contribution in [0.1, 0.15) is 65.2 Å². The minimum Gasteiger partial charge on any atom is -0.319 e. The van der Waals surface area contributed by atoms with Crippen LogP contribution in [0.25, 0.3) is 0 Å². The topological polar surface area (TPSA) is 0 Å². The Kier molecular flexibility index (Phi) is 8.13. The monoisotopic (exact) mass is 284 g/mol. The van der Waals surface area contributed by atoms with Crippen LogP contribution in [0, 0.1) is 0 Å². The van der Waals surface area contributed by atoms with E-state index in [-0.39, 0.29) is 0 Å². The molecular formula is C18H40N2+2. The molecule has 0 aromatic rings. The highest BCUT2D eigenvalue weighted by atomic mass is 15.4. The molecule has 0 amide bonds. The fourth-order valence-electron chi connectivity index (χ4n) is 3.50. The summed E-state index contributed by atoms with van der Waals surface area (Å²) in [4.78, 5) is 0. The molecule has 1 saturated heterocycles. The van der Waals surface area contributed by atoms with Crippen molar-refractivity contribution in [2.24, 2.45) is 0 Å². The highest BCUT2D eigenvalue weighted by molar-refractivity contribution is 4.54. The largest absolute Gasteiger partial charge is 0.319 e. The second-order valence-corrected chi connectivity index (χ2v) is 7.74. The number of unbranched alkanes of at least 4 members (excludes halogenated alkanes) is 6. The predicted molar refractivity (Wildman–Crippen MR) is 89.9 cm³/mol. The maximum Gasteiger partial charge on any atom is 0.129 e. The van der Waals surface area contributed by atoms with Gasteiger partial charge in [0.15, 0.2) is 0 Å². The zero-order valence-corrected chi connectivity index (χ0v) is 14.8. The van der Waals surface area contributed by atoms with Gasteiger partial charge in [0, 0.05) is 0 Å². The van der Waals surface area contributed by atoms with Crippen LogP contribution in [-0.2, 0) is 0 Å². The first-order chi connectivity index (χ1) is 9.54. The van der Waals surface area contributed by atoms with Gasteiger partial charge in [-0.1, -0.05) is 39.5 Å². The molecule has 2 nitrogen and oxygen atoms in total. The molecule has 2 heteroatoms. The summed E-state index contributed by atoms with van der Waals surface area (Å²) in [7, 11) is 4.81. The fraction of sp³-hybridized carbons (Fsp3) is 1.00. The Hall–Kier alpha value is -0.0800. The van der Waals surface area contributed by atoms with E-state index in [9.17, 15) is 0 Å². The predicted octanol–water partition coefficient (Wildman–Crippen LogP) is 4.05. The van der Waals surface area contributed by atoms with Gasteiger partial charge in [-0.15, -0.1) is 0 Å². The van der Waals surface area contributed by atoms with Crippen molar-refractivity contribution >= 4 is 0 Å². The molecule has 0 bridgehead atoms. The van der Waals surface area contributed by atoms with Gasteiger partial charge in [0.05, 0.1) is 27.2 Å². The van der Waals surface area contributed by atoms with Crippen molar-refractivity contribution < 1.29 is 8.97 Å². The molecule has 1 aliphatic rings. The van der Waals surface area contributed by atoms with Crippen LogP contribution in [0.15, 0.2) is 0 Å². The highest BCUT2D eigenvalue weighted by Gasteiger charge is 2.36. The van der Waals surface area contributed by atoms with Gasteiger partial charge in [-0.3, -0.25) is 0 Å². The van der Waals surface area contributed by atoms with E-state index in [1.54, 1.807) is 0 Å². The summed E-state index contributed by atoms with van der Waals surface area (Å²) < 4.78 is 2.68. The summed E-state index contributed by atoms with van der Waals surface area (Å²) in [5, 5.41) is 0. The Morgan fingerprint density at radius 2 is 1.05 bits per heavy atom. The Morgan fingerprint density at radius 3 is 1.45 bits per heavy atom. The fourth-order valence-corrected chi connectivity index (χ4v) is 3.50. The Balaban J connectivity index is 2.41. The molecule has 0 radical (unpaired) electrons. The normalized spacial score (nSPS) is 21.0. The number of rotatable bonds is 10. The van der Waals surface area contributed by atoms with Crippen molar-refractivity contribution in [1.29, 1.82) is 0 Å². The zero-order chi connectivity index (χ0) is 14.9. The Bertz CT molecular complexity index is 224. The average Bonchev–Trinajstić information content (AvgIpc) is 2.43. The van der Waals surface area contributed by atoms with E-state index in [1.807, 2.05) is 0 Å². The highest BCUT2D eigenvalue weighted by Crippen LogP contribution is 2.20. The lowest BCUT2D eigenvalue weighted by Gasteiger charge is -2.47. The molecule has 0 aromatic carbocycles. The first-order valence-electron chi connectivity index (χ1n) is 9.21. The van der Waals surface area contributed by atoms with E-state index in [0.717, 1.165) is 0 Å². The van der Waals surface area contributed by atoms with E-state index in [0.29, 0.717) is 0 Å². The molecule has 20 heavy (non-hydrogen) atoms. The molecule has 0 aromatic heterocycles. The van der Waals surface area contributed by atoms with Gasteiger partial charge in [-0.05, 0) is 25.7 Å². The van der Waals surface area contributed by atoms with Crippen molar-refractivity contribution in [3.8, 4) is 0 Å². The van der Waals surface area contributed by atoms with Gasteiger partial charge >= 0.3 is 0 Å². The number of piperazine rings is 1. The molecule has 0 spiro atoms. The molecular weight excluding hydrogens is 244 g/mol. The average molecular weight is 285 g/mol. The third-order valence-electron chi connectivity index (χ3n) is 5.33. The lowest BCUT2D eigenvalue weighted by atomic mass is 10.1. The molecule has 0 atom stereocenters. The van der Waals surface area contributed by atoms with Gasteiger partial charge in [0.1, 0.15) is 26.2 Å². The summed E-state index contributed by atoms with van der Waals surface area (Å²) in [6.45, 7) is 13.1. The van der Waals surface area contributed by atoms with E-state index in [1.165, 1.54) is 99.6 Å². The van der Waals surface area contributed by atoms with Crippen molar-refractivity contribution in [3.05, 3.63) is 0 Å². The summed E-state index contributed by atoms with van der Waals surface area (Å²) in [5.41, 5.74) is 0. The summed E-state index contributed by atoms with van der Waals surface area (Å²) in [5.74, 6) is 0. The van der Waals surface area contributed by atoms with Crippen molar-refractivity contribution in [1.82, 2.24) is 0 Å². The van der Waals surface area contributed by atoms with Crippen LogP contribution in [0.4, 0.5) is 0 Å². The smallest absolute Gasteiger partial charge is 0.129 e. The van der Waals surface area contributed by atoms with Gasteiger partial charge in [-0.2, -0.15) is 0 Å². The van der Waals surface area contributed by atoms with E-state index < -0.39 is 0 Å². The van der Waals surface area contributed by atoms with Crippen LogP contribution >= 0.6 is 0 Å². The van der Waals surface area contributed by atoms with Gasteiger partial charge in [0.2, 0.25) is 0 Å². The van der Waals surface area contributed by atoms with Gasteiger partial charge in [-0.25, -0.2) is 0 Å². The molecule has 0 aliphatic carbocycles. The van der Waals surface area contributed by atoms with Crippen molar-refractivity contribution in [2.75, 3.05) is 53.4 Å². The zero-order valence-electron chi connectivity index (χ0n) is 14.8. The minimum atomic E-state index is 1.24. The van der Waals surface area contributed by atoms with Crippen molar-refractivity contribution in [2.45, 2.75) is 65.2 Å². The standard InChI is InChI=1S/C18H40N2/c1-5-7-9-11-13-20(14-12-10-8-6-2)17-15-19(3,4)16-18-20/h5-18H2,1-4H3/q+2. The summed E-state index contributed by atoms with van der Waals surface area (Å²) in [6, 6.07) is 0. The third kappa shape index (κ3) is 6.58. The van der Waals surface area contributed by atoms with Crippen LogP contribution in [-0.4, -0.2) is 62.3 Å². The molecule has 1 fully saturated rings. The van der Waals surface area contributed by atoms with Crippen LogP contribution in [0.2, 0.25) is 0 Å². The number of nitrogens with zero attached hydrogens (tertiary/aromatic N) is 2. The number of hydrogen-bond donors (Lipinski definition) is 0. The maximum absolute atomic E-state index is 2.40. The lowest BCUT2D eigenvalue weighted by Crippen LogP contribution is -2.64. The second-order valence-electron chi connectivity index (χ2n) is 7.74. The maximum atomic E-state index is 2.40. The van der Waals surface area contributed by atoms with E-state index >= 15 is 0 Å². The van der Waals surface area contributed by atoms with Gasteiger partial charge in [0.25, 0.3) is 0 Å². The molecule has 1 heterocycles. The van der Waals surface area contributed by atoms with Crippen LogP contribution < -0.4 is 0 Å². The molecule has 1 rings (SSSR count). The first kappa shape index (κ1) is 18.0. The number of hydrogen-bond acceptors (Lipinski definition) is 0. The van der Waals surface area contributed by atoms with Gasteiger partial charge < -0.3 is 8.97 Å². The molecule has 1 aliphatic heterocycles. The third-order valence-corrected chi connectivity index (χ3v) is 5.33. The van der Waals surface area contributed by atoms with E-state index in [2.05, 4.69) is 27.9 Å². The lowest BCUT2D eigenvalue weighted by molar-refractivity contribution is -1.02.